The zero-order valence-corrected chi connectivity index (χ0v) is 14.6. The van der Waals surface area contributed by atoms with Crippen LogP contribution >= 0.6 is 0 Å². The molecule has 3 rings (SSSR count). The van der Waals surface area contributed by atoms with Crippen molar-refractivity contribution in [3.05, 3.63) is 54.1 Å². The largest absolute Gasteiger partial charge is 0.495 e. The van der Waals surface area contributed by atoms with E-state index in [-0.39, 0.29) is 0 Å². The van der Waals surface area contributed by atoms with E-state index in [0.29, 0.717) is 5.56 Å². The van der Waals surface area contributed by atoms with Crippen LogP contribution < -0.4 is 5.46 Å². The lowest BCUT2D eigenvalue weighted by Crippen LogP contribution is -2.41. The molecule has 0 radical (unpaired) electrons. The zero-order chi connectivity index (χ0) is 18.5. The SMILES string of the molecule is CC1(C)OB(c2ccccc2-c2ccc(C(F)(F)F)cc2)OC1(C)C. The lowest BCUT2D eigenvalue weighted by molar-refractivity contribution is -0.137. The van der Waals surface area contributed by atoms with E-state index in [4.69, 9.17) is 9.31 Å². The average Bonchev–Trinajstić information content (AvgIpc) is 2.75. The fourth-order valence-corrected chi connectivity index (χ4v) is 2.77. The molecule has 25 heavy (non-hydrogen) atoms. The standard InChI is InChI=1S/C19H20BF3O2/c1-17(2)18(3,4)25-20(24-17)16-8-6-5-7-15(16)13-9-11-14(12-10-13)19(21,22)23/h5-12H,1-4H3. The summed E-state index contributed by atoms with van der Waals surface area (Å²) in [5, 5.41) is 0. The normalized spacial score (nSPS) is 19.2. The summed E-state index contributed by atoms with van der Waals surface area (Å²) in [4.78, 5) is 0. The van der Waals surface area contributed by atoms with Crippen LogP contribution in [0, 0.1) is 0 Å². The van der Waals surface area contributed by atoms with Gasteiger partial charge in [-0.25, -0.2) is 0 Å². The van der Waals surface area contributed by atoms with Crippen molar-refractivity contribution in [3.63, 3.8) is 0 Å². The molecule has 0 saturated carbocycles. The van der Waals surface area contributed by atoms with Gasteiger partial charge in [-0.3, -0.25) is 0 Å². The van der Waals surface area contributed by atoms with Crippen LogP contribution in [-0.2, 0) is 15.5 Å². The van der Waals surface area contributed by atoms with Crippen LogP contribution in [-0.4, -0.2) is 18.3 Å². The zero-order valence-electron chi connectivity index (χ0n) is 14.6. The van der Waals surface area contributed by atoms with Gasteiger partial charge in [-0.05, 0) is 56.4 Å². The minimum atomic E-state index is -4.34. The molecule has 2 nitrogen and oxygen atoms in total. The minimum absolute atomic E-state index is 0.481. The van der Waals surface area contributed by atoms with E-state index in [1.165, 1.54) is 12.1 Å². The summed E-state index contributed by atoms with van der Waals surface area (Å²) in [7, 11) is -0.566. The molecule has 0 spiro atoms. The van der Waals surface area contributed by atoms with Gasteiger partial charge in [0.15, 0.2) is 0 Å². The summed E-state index contributed by atoms with van der Waals surface area (Å²) in [5.74, 6) is 0. The van der Waals surface area contributed by atoms with E-state index in [0.717, 1.165) is 23.2 Å². The highest BCUT2D eigenvalue weighted by atomic mass is 19.4. The van der Waals surface area contributed by atoms with Crippen molar-refractivity contribution in [1.29, 1.82) is 0 Å². The Morgan fingerprint density at radius 3 is 1.84 bits per heavy atom. The fraction of sp³-hybridized carbons (Fsp3) is 0.368. The van der Waals surface area contributed by atoms with Gasteiger partial charge in [-0.2, -0.15) is 13.2 Å². The first kappa shape index (κ1) is 18.0. The Morgan fingerprint density at radius 2 is 1.32 bits per heavy atom. The van der Waals surface area contributed by atoms with Gasteiger partial charge in [0.2, 0.25) is 0 Å². The van der Waals surface area contributed by atoms with Crippen molar-refractivity contribution < 1.29 is 22.5 Å². The molecule has 0 atom stereocenters. The Bertz CT molecular complexity index is 751. The van der Waals surface area contributed by atoms with Crippen molar-refractivity contribution in [2.24, 2.45) is 0 Å². The predicted molar refractivity (Wildman–Crippen MR) is 92.6 cm³/mol. The number of alkyl halides is 3. The summed E-state index contributed by atoms with van der Waals surface area (Å²) >= 11 is 0. The number of hydrogen-bond acceptors (Lipinski definition) is 2. The molecule has 0 aromatic heterocycles. The Hall–Kier alpha value is -1.79. The van der Waals surface area contributed by atoms with E-state index in [1.807, 2.05) is 52.0 Å². The Kier molecular flexibility index (Phi) is 4.24. The van der Waals surface area contributed by atoms with Gasteiger partial charge in [0, 0.05) is 0 Å². The van der Waals surface area contributed by atoms with Crippen LogP contribution in [0.1, 0.15) is 33.3 Å². The van der Waals surface area contributed by atoms with Gasteiger partial charge in [0.1, 0.15) is 0 Å². The van der Waals surface area contributed by atoms with E-state index in [2.05, 4.69) is 0 Å². The summed E-state index contributed by atoms with van der Waals surface area (Å²) < 4.78 is 50.5. The van der Waals surface area contributed by atoms with Crippen molar-refractivity contribution in [3.8, 4) is 11.1 Å². The molecule has 2 aromatic carbocycles. The Balaban J connectivity index is 1.98. The number of rotatable bonds is 2. The molecule has 2 aromatic rings. The highest BCUT2D eigenvalue weighted by molar-refractivity contribution is 6.63. The molecule has 1 saturated heterocycles. The van der Waals surface area contributed by atoms with Crippen LogP contribution in [0.5, 0.6) is 0 Å². The topological polar surface area (TPSA) is 18.5 Å². The fourth-order valence-electron chi connectivity index (χ4n) is 2.77. The smallest absolute Gasteiger partial charge is 0.399 e. The first-order valence-electron chi connectivity index (χ1n) is 8.13. The molecule has 0 N–H and O–H groups in total. The molecular weight excluding hydrogens is 328 g/mol. The van der Waals surface area contributed by atoms with Crippen molar-refractivity contribution in [2.75, 3.05) is 0 Å². The quantitative estimate of drug-likeness (QED) is 0.735. The highest BCUT2D eigenvalue weighted by Gasteiger charge is 2.52. The molecule has 0 bridgehead atoms. The molecule has 1 heterocycles. The number of hydrogen-bond donors (Lipinski definition) is 0. The second-order valence-electron chi connectivity index (χ2n) is 7.25. The van der Waals surface area contributed by atoms with E-state index < -0.39 is 30.1 Å². The first-order chi connectivity index (χ1) is 11.5. The lowest BCUT2D eigenvalue weighted by Gasteiger charge is -2.32. The van der Waals surface area contributed by atoms with Gasteiger partial charge in [0.05, 0.1) is 16.8 Å². The van der Waals surface area contributed by atoms with Crippen LogP contribution in [0.3, 0.4) is 0 Å². The third kappa shape index (κ3) is 3.33. The van der Waals surface area contributed by atoms with Crippen LogP contribution in [0.15, 0.2) is 48.5 Å². The van der Waals surface area contributed by atoms with Gasteiger partial charge in [0.25, 0.3) is 0 Å². The third-order valence-electron chi connectivity index (χ3n) is 4.99. The maximum atomic E-state index is 12.8. The molecular formula is C19H20BF3O2. The van der Waals surface area contributed by atoms with Crippen LogP contribution in [0.4, 0.5) is 13.2 Å². The molecule has 0 aliphatic carbocycles. The summed E-state index contributed by atoms with van der Waals surface area (Å²) in [6, 6.07) is 12.6. The van der Waals surface area contributed by atoms with Crippen LogP contribution in [0.2, 0.25) is 0 Å². The summed E-state index contributed by atoms with van der Waals surface area (Å²) in [5.41, 5.74) is 0.675. The Morgan fingerprint density at radius 1 is 0.800 bits per heavy atom. The molecule has 1 aliphatic rings. The van der Waals surface area contributed by atoms with Gasteiger partial charge < -0.3 is 9.31 Å². The maximum Gasteiger partial charge on any atom is 0.495 e. The second-order valence-corrected chi connectivity index (χ2v) is 7.25. The summed E-state index contributed by atoms with van der Waals surface area (Å²) in [6.45, 7) is 7.86. The molecule has 6 heteroatoms. The number of benzene rings is 2. The third-order valence-corrected chi connectivity index (χ3v) is 4.99. The number of halogens is 3. The minimum Gasteiger partial charge on any atom is -0.399 e. The summed E-state index contributed by atoms with van der Waals surface area (Å²) in [6.07, 6.45) is -4.34. The monoisotopic (exact) mass is 348 g/mol. The van der Waals surface area contributed by atoms with Crippen molar-refractivity contribution >= 4 is 12.6 Å². The van der Waals surface area contributed by atoms with E-state index >= 15 is 0 Å². The molecule has 0 amide bonds. The molecule has 1 aliphatic heterocycles. The van der Waals surface area contributed by atoms with Crippen molar-refractivity contribution in [1.82, 2.24) is 0 Å². The van der Waals surface area contributed by atoms with E-state index in [9.17, 15) is 13.2 Å². The Labute approximate surface area is 146 Å². The van der Waals surface area contributed by atoms with Gasteiger partial charge in [-0.15, -0.1) is 0 Å². The molecule has 1 fully saturated rings. The maximum absolute atomic E-state index is 12.8. The lowest BCUT2D eigenvalue weighted by atomic mass is 9.74. The predicted octanol–water partition coefficient (Wildman–Crippen LogP) is 4.67. The first-order valence-corrected chi connectivity index (χ1v) is 8.13. The average molecular weight is 348 g/mol. The highest BCUT2D eigenvalue weighted by Crippen LogP contribution is 2.37. The van der Waals surface area contributed by atoms with Gasteiger partial charge >= 0.3 is 13.3 Å². The van der Waals surface area contributed by atoms with E-state index in [1.54, 1.807) is 0 Å². The van der Waals surface area contributed by atoms with Crippen LogP contribution in [0.25, 0.3) is 11.1 Å². The van der Waals surface area contributed by atoms with Crippen molar-refractivity contribution in [2.45, 2.75) is 45.1 Å². The molecule has 0 unspecified atom stereocenters. The second kappa shape index (κ2) is 5.89. The van der Waals surface area contributed by atoms with Gasteiger partial charge in [-0.1, -0.05) is 36.4 Å². The molecule has 132 valence electrons.